The largest absolute Gasteiger partial charge is 0.392 e. The Balaban J connectivity index is 1.97. The number of aryl methyl sites for hydroxylation is 3. The van der Waals surface area contributed by atoms with Gasteiger partial charge in [-0.15, -0.1) is 0 Å². The van der Waals surface area contributed by atoms with Crippen LogP contribution in [0.4, 0.5) is 0 Å². The maximum absolute atomic E-state index is 10.2. The molecule has 2 aromatic carbocycles. The molecule has 1 nitrogen and oxygen atoms in total. The van der Waals surface area contributed by atoms with Gasteiger partial charge >= 0.3 is 0 Å². The van der Waals surface area contributed by atoms with Crippen LogP contribution in [0.3, 0.4) is 0 Å². The zero-order chi connectivity index (χ0) is 14.5. The third-order valence-corrected chi connectivity index (χ3v) is 3.95. The molecule has 0 amide bonds. The van der Waals surface area contributed by atoms with Crippen LogP contribution in [0.25, 0.3) is 0 Å². The lowest BCUT2D eigenvalue weighted by molar-refractivity contribution is 0.175. The summed E-state index contributed by atoms with van der Waals surface area (Å²) in [5.41, 5.74) is 6.36. The third-order valence-electron chi connectivity index (χ3n) is 3.95. The summed E-state index contributed by atoms with van der Waals surface area (Å²) in [5, 5.41) is 10.2. The van der Waals surface area contributed by atoms with Crippen molar-refractivity contribution >= 4 is 0 Å². The SMILES string of the molecule is CCc1ccc(CC(O)Cc2ccc(C)c(C)c2)cc1. The van der Waals surface area contributed by atoms with Gasteiger partial charge in [-0.25, -0.2) is 0 Å². The number of rotatable bonds is 5. The summed E-state index contributed by atoms with van der Waals surface area (Å²) in [6.07, 6.45) is 2.18. The van der Waals surface area contributed by atoms with E-state index in [1.165, 1.54) is 27.8 Å². The van der Waals surface area contributed by atoms with Gasteiger partial charge in [-0.2, -0.15) is 0 Å². The first-order chi connectivity index (χ1) is 9.58. The van der Waals surface area contributed by atoms with Crippen LogP contribution in [0, 0.1) is 13.8 Å². The van der Waals surface area contributed by atoms with Crippen LogP contribution in [0.15, 0.2) is 42.5 Å². The normalized spacial score (nSPS) is 12.4. The van der Waals surface area contributed by atoms with Gasteiger partial charge in [0.2, 0.25) is 0 Å². The van der Waals surface area contributed by atoms with E-state index in [2.05, 4.69) is 63.2 Å². The van der Waals surface area contributed by atoms with E-state index < -0.39 is 0 Å². The number of aliphatic hydroxyl groups is 1. The predicted molar refractivity (Wildman–Crippen MR) is 85.2 cm³/mol. The van der Waals surface area contributed by atoms with Gasteiger partial charge < -0.3 is 5.11 Å². The number of benzene rings is 2. The van der Waals surface area contributed by atoms with Crippen molar-refractivity contribution in [3.05, 3.63) is 70.3 Å². The molecule has 0 saturated heterocycles. The summed E-state index contributed by atoms with van der Waals surface area (Å²) in [7, 11) is 0. The lowest BCUT2D eigenvalue weighted by Crippen LogP contribution is -2.14. The second-order valence-corrected chi connectivity index (χ2v) is 5.65. The highest BCUT2D eigenvalue weighted by atomic mass is 16.3. The van der Waals surface area contributed by atoms with E-state index in [9.17, 15) is 5.11 Å². The van der Waals surface area contributed by atoms with Gasteiger partial charge in [0.05, 0.1) is 6.10 Å². The Hall–Kier alpha value is -1.60. The lowest BCUT2D eigenvalue weighted by Gasteiger charge is -2.12. The van der Waals surface area contributed by atoms with Crippen LogP contribution >= 0.6 is 0 Å². The fourth-order valence-electron chi connectivity index (χ4n) is 2.46. The number of hydrogen-bond acceptors (Lipinski definition) is 1. The molecule has 1 heteroatoms. The first-order valence-corrected chi connectivity index (χ1v) is 7.40. The summed E-state index contributed by atoms with van der Waals surface area (Å²) in [6.45, 7) is 6.39. The van der Waals surface area contributed by atoms with Gasteiger partial charge in [-0.1, -0.05) is 49.4 Å². The Morgan fingerprint density at radius 2 is 1.35 bits per heavy atom. The monoisotopic (exact) mass is 268 g/mol. The molecule has 2 rings (SSSR count). The molecule has 0 spiro atoms. The summed E-state index contributed by atoms with van der Waals surface area (Å²) in [4.78, 5) is 0. The maximum Gasteiger partial charge on any atom is 0.0620 e. The topological polar surface area (TPSA) is 20.2 Å². The van der Waals surface area contributed by atoms with Crippen LogP contribution < -0.4 is 0 Å². The fourth-order valence-corrected chi connectivity index (χ4v) is 2.46. The molecule has 0 aromatic heterocycles. The number of hydrogen-bond donors (Lipinski definition) is 1. The van der Waals surface area contributed by atoms with Crippen molar-refractivity contribution in [2.24, 2.45) is 0 Å². The molecule has 0 aliphatic heterocycles. The lowest BCUT2D eigenvalue weighted by atomic mass is 9.98. The molecule has 106 valence electrons. The molecule has 1 unspecified atom stereocenters. The molecule has 2 aromatic rings. The quantitative estimate of drug-likeness (QED) is 0.868. The summed E-state index contributed by atoms with van der Waals surface area (Å²) in [5.74, 6) is 0. The van der Waals surface area contributed by atoms with E-state index in [-0.39, 0.29) is 6.10 Å². The molecule has 1 atom stereocenters. The van der Waals surface area contributed by atoms with Gasteiger partial charge in [0.1, 0.15) is 0 Å². The smallest absolute Gasteiger partial charge is 0.0620 e. The third kappa shape index (κ3) is 3.94. The van der Waals surface area contributed by atoms with Crippen molar-refractivity contribution in [3.63, 3.8) is 0 Å². The van der Waals surface area contributed by atoms with Gasteiger partial charge in [0.25, 0.3) is 0 Å². The molecule has 0 heterocycles. The molecule has 0 fully saturated rings. The van der Waals surface area contributed by atoms with E-state index >= 15 is 0 Å². The minimum absolute atomic E-state index is 0.315. The first kappa shape index (κ1) is 14.8. The minimum atomic E-state index is -0.315. The maximum atomic E-state index is 10.2. The summed E-state index contributed by atoms with van der Waals surface area (Å²) in [6, 6.07) is 15.0. The zero-order valence-electron chi connectivity index (χ0n) is 12.7. The first-order valence-electron chi connectivity index (χ1n) is 7.40. The van der Waals surface area contributed by atoms with Crippen molar-refractivity contribution in [2.45, 2.75) is 46.1 Å². The van der Waals surface area contributed by atoms with E-state index in [1.54, 1.807) is 0 Å². The molecule has 0 aliphatic carbocycles. The Bertz CT molecular complexity index is 554. The van der Waals surface area contributed by atoms with E-state index in [0.29, 0.717) is 0 Å². The van der Waals surface area contributed by atoms with E-state index in [1.807, 2.05) is 0 Å². The second-order valence-electron chi connectivity index (χ2n) is 5.65. The van der Waals surface area contributed by atoms with Crippen molar-refractivity contribution in [2.75, 3.05) is 0 Å². The average molecular weight is 268 g/mol. The van der Waals surface area contributed by atoms with Crippen molar-refractivity contribution in [1.82, 2.24) is 0 Å². The standard InChI is InChI=1S/C19H24O/c1-4-16-7-9-17(10-8-16)12-19(20)13-18-6-5-14(2)15(3)11-18/h5-11,19-20H,4,12-13H2,1-3H3. The predicted octanol–water partition coefficient (Wildman–Crippen LogP) is 4.01. The zero-order valence-corrected chi connectivity index (χ0v) is 12.7. The molecule has 0 saturated carbocycles. The van der Waals surface area contributed by atoms with Crippen LogP contribution in [0.5, 0.6) is 0 Å². The molecule has 20 heavy (non-hydrogen) atoms. The molecule has 1 N–H and O–H groups in total. The average Bonchev–Trinajstić information content (AvgIpc) is 2.44. The Morgan fingerprint density at radius 3 is 1.95 bits per heavy atom. The van der Waals surface area contributed by atoms with E-state index in [4.69, 9.17) is 0 Å². The van der Waals surface area contributed by atoms with Gasteiger partial charge in [0.15, 0.2) is 0 Å². The van der Waals surface area contributed by atoms with Gasteiger partial charge in [-0.3, -0.25) is 0 Å². The molecular weight excluding hydrogens is 244 g/mol. The highest BCUT2D eigenvalue weighted by Crippen LogP contribution is 2.14. The van der Waals surface area contributed by atoms with Crippen LogP contribution in [0.1, 0.15) is 34.7 Å². The van der Waals surface area contributed by atoms with Crippen LogP contribution in [-0.4, -0.2) is 11.2 Å². The highest BCUT2D eigenvalue weighted by Gasteiger charge is 2.07. The molecule has 0 bridgehead atoms. The Morgan fingerprint density at radius 1 is 0.800 bits per heavy atom. The van der Waals surface area contributed by atoms with Crippen LogP contribution in [0.2, 0.25) is 0 Å². The highest BCUT2D eigenvalue weighted by molar-refractivity contribution is 5.30. The van der Waals surface area contributed by atoms with Crippen molar-refractivity contribution in [3.8, 4) is 0 Å². The number of aliphatic hydroxyl groups excluding tert-OH is 1. The fraction of sp³-hybridized carbons (Fsp3) is 0.368. The Labute approximate surface area is 122 Å². The van der Waals surface area contributed by atoms with Crippen molar-refractivity contribution < 1.29 is 5.11 Å². The van der Waals surface area contributed by atoms with Gasteiger partial charge in [-0.05, 0) is 60.9 Å². The Kier molecular flexibility index (Phi) is 4.97. The summed E-state index contributed by atoms with van der Waals surface area (Å²) < 4.78 is 0. The second kappa shape index (κ2) is 6.71. The van der Waals surface area contributed by atoms with Crippen LogP contribution in [-0.2, 0) is 19.3 Å². The molecule has 0 radical (unpaired) electrons. The molecular formula is C19H24O. The molecule has 0 aliphatic rings. The van der Waals surface area contributed by atoms with Crippen molar-refractivity contribution in [1.29, 1.82) is 0 Å². The summed E-state index contributed by atoms with van der Waals surface area (Å²) >= 11 is 0. The van der Waals surface area contributed by atoms with Gasteiger partial charge in [0, 0.05) is 0 Å². The minimum Gasteiger partial charge on any atom is -0.392 e. The van der Waals surface area contributed by atoms with E-state index in [0.717, 1.165) is 19.3 Å².